The maximum absolute atomic E-state index is 12.4. The molecule has 0 saturated heterocycles. The maximum Gasteiger partial charge on any atom is 0.321 e. The lowest BCUT2D eigenvalue weighted by molar-refractivity contribution is -0.383. The van der Waals surface area contributed by atoms with Crippen LogP contribution < -0.4 is 5.32 Å². The summed E-state index contributed by atoms with van der Waals surface area (Å²) in [7, 11) is -2.80. The van der Waals surface area contributed by atoms with Crippen molar-refractivity contribution >= 4 is 56.5 Å². The van der Waals surface area contributed by atoms with Gasteiger partial charge in [-0.25, -0.2) is 8.42 Å². The number of halogens is 2. The van der Waals surface area contributed by atoms with E-state index in [0.717, 1.165) is 10.4 Å². The molecule has 0 unspecified atom stereocenters. The molecule has 10 nitrogen and oxygen atoms in total. The number of nitrogens with zero attached hydrogens (tertiary/aromatic N) is 2. The third-order valence-corrected chi connectivity index (χ3v) is 5.97. The second-order valence-electron chi connectivity index (χ2n) is 5.84. The monoisotopic (exact) mass is 475 g/mol. The van der Waals surface area contributed by atoms with Gasteiger partial charge in [-0.15, -0.1) is 0 Å². The van der Waals surface area contributed by atoms with Crippen LogP contribution in [0.5, 0.6) is 0 Å². The van der Waals surface area contributed by atoms with Crippen LogP contribution in [-0.2, 0) is 24.3 Å². The average molecular weight is 476 g/mol. The van der Waals surface area contributed by atoms with E-state index in [1.807, 2.05) is 0 Å². The summed E-state index contributed by atoms with van der Waals surface area (Å²) in [6.45, 7) is -1.42. The van der Waals surface area contributed by atoms with Gasteiger partial charge in [-0.3, -0.25) is 19.7 Å². The van der Waals surface area contributed by atoms with Gasteiger partial charge in [0.1, 0.15) is 12.2 Å². The van der Waals surface area contributed by atoms with Gasteiger partial charge in [-0.05, 0) is 36.4 Å². The largest absolute Gasteiger partial charge is 0.455 e. The quantitative estimate of drug-likeness (QED) is 0.352. The number of anilines is 1. The molecule has 0 saturated carbocycles. The van der Waals surface area contributed by atoms with Gasteiger partial charge in [0.2, 0.25) is 10.0 Å². The van der Waals surface area contributed by atoms with Crippen molar-refractivity contribution in [2.45, 2.75) is 4.90 Å². The van der Waals surface area contributed by atoms with E-state index in [-0.39, 0.29) is 15.6 Å². The van der Waals surface area contributed by atoms with E-state index in [2.05, 4.69) is 5.32 Å². The Balaban J connectivity index is 1.93. The summed E-state index contributed by atoms with van der Waals surface area (Å²) in [5.41, 5.74) is -0.566. The van der Waals surface area contributed by atoms with E-state index in [4.69, 9.17) is 27.9 Å². The van der Waals surface area contributed by atoms with E-state index in [1.54, 1.807) is 0 Å². The lowest BCUT2D eigenvalue weighted by Gasteiger charge is -2.16. The molecule has 2 rings (SSSR count). The van der Waals surface area contributed by atoms with Crippen LogP contribution in [0.25, 0.3) is 0 Å². The van der Waals surface area contributed by atoms with Crippen LogP contribution in [-0.4, -0.2) is 49.7 Å². The molecule has 1 N–H and O–H groups in total. The maximum atomic E-state index is 12.4. The van der Waals surface area contributed by atoms with Crippen molar-refractivity contribution in [2.75, 3.05) is 25.5 Å². The highest BCUT2D eigenvalue weighted by Gasteiger charge is 2.24. The molecule has 13 heteroatoms. The molecule has 0 aliphatic carbocycles. The number of sulfonamides is 1. The van der Waals surface area contributed by atoms with Crippen LogP contribution in [0.2, 0.25) is 10.0 Å². The smallest absolute Gasteiger partial charge is 0.321 e. The average Bonchev–Trinajstić information content (AvgIpc) is 2.68. The van der Waals surface area contributed by atoms with Crippen LogP contribution >= 0.6 is 23.2 Å². The number of hydrogen-bond acceptors (Lipinski definition) is 7. The number of nitro groups is 1. The molecule has 1 amide bonds. The number of nitro benzene ring substituents is 1. The predicted octanol–water partition coefficient (Wildman–Crippen LogP) is 2.70. The van der Waals surface area contributed by atoms with Gasteiger partial charge >= 0.3 is 5.97 Å². The summed E-state index contributed by atoms with van der Waals surface area (Å²) >= 11 is 11.4. The molecule has 0 spiro atoms. The van der Waals surface area contributed by atoms with Crippen molar-refractivity contribution in [2.24, 2.45) is 0 Å². The Kier molecular flexibility index (Phi) is 7.73. The standard InChI is InChI=1S/C17H15Cl2N3O7S/c1-21(30(27,28)13-5-2-11(18)3-6-13)9-17(24)29-10-16(23)20-14-7-4-12(19)8-15(14)22(25)26/h2-8H,9-10H2,1H3,(H,20,23). The molecule has 0 aliphatic heterocycles. The summed E-state index contributed by atoms with van der Waals surface area (Å²) < 4.78 is 30.3. The van der Waals surface area contributed by atoms with Gasteiger partial charge in [0.15, 0.2) is 6.61 Å². The topological polar surface area (TPSA) is 136 Å². The first kappa shape index (κ1) is 23.5. The minimum absolute atomic E-state index is 0.0741. The molecule has 0 aromatic heterocycles. The van der Waals surface area contributed by atoms with Gasteiger partial charge < -0.3 is 10.1 Å². The summed E-state index contributed by atoms with van der Waals surface area (Å²) in [5.74, 6) is -1.84. The molecule has 0 heterocycles. The number of carbonyl (C=O) groups excluding carboxylic acids is 2. The Labute approximate surface area is 181 Å². The number of amides is 1. The van der Waals surface area contributed by atoms with E-state index in [0.29, 0.717) is 5.02 Å². The molecular formula is C17H15Cl2N3O7S. The van der Waals surface area contributed by atoms with Crippen LogP contribution in [0, 0.1) is 10.1 Å². The molecule has 2 aromatic carbocycles. The Morgan fingerprint density at radius 2 is 1.73 bits per heavy atom. The molecule has 30 heavy (non-hydrogen) atoms. The minimum Gasteiger partial charge on any atom is -0.455 e. The van der Waals surface area contributed by atoms with Crippen molar-refractivity contribution in [3.05, 3.63) is 62.6 Å². The highest BCUT2D eigenvalue weighted by molar-refractivity contribution is 7.89. The number of carbonyl (C=O) groups is 2. The van der Waals surface area contributed by atoms with E-state index >= 15 is 0 Å². The van der Waals surface area contributed by atoms with Gasteiger partial charge in [0.05, 0.1) is 9.82 Å². The highest BCUT2D eigenvalue weighted by Crippen LogP contribution is 2.27. The second-order valence-corrected chi connectivity index (χ2v) is 8.76. The number of likely N-dealkylation sites (N-methyl/N-ethyl adjacent to an activating group) is 1. The number of rotatable bonds is 8. The van der Waals surface area contributed by atoms with Crippen molar-refractivity contribution in [3.63, 3.8) is 0 Å². The van der Waals surface area contributed by atoms with Crippen molar-refractivity contribution in [1.82, 2.24) is 4.31 Å². The second kappa shape index (κ2) is 9.85. The number of hydrogen-bond donors (Lipinski definition) is 1. The van der Waals surface area contributed by atoms with Crippen molar-refractivity contribution in [1.29, 1.82) is 0 Å². The number of nitrogens with one attached hydrogen (secondary N) is 1. The van der Waals surface area contributed by atoms with Gasteiger partial charge in [0.25, 0.3) is 11.6 Å². The summed E-state index contributed by atoms with van der Waals surface area (Å²) in [6, 6.07) is 8.97. The summed E-state index contributed by atoms with van der Waals surface area (Å²) in [6.07, 6.45) is 0. The lowest BCUT2D eigenvalue weighted by Crippen LogP contribution is -2.34. The summed E-state index contributed by atoms with van der Waals surface area (Å²) in [5, 5.41) is 13.7. The zero-order chi connectivity index (χ0) is 22.5. The first-order valence-corrected chi connectivity index (χ1v) is 10.3. The third kappa shape index (κ3) is 6.13. The lowest BCUT2D eigenvalue weighted by atomic mass is 10.2. The Bertz CT molecular complexity index is 1080. The molecule has 0 fully saturated rings. The number of esters is 1. The SMILES string of the molecule is CN(CC(=O)OCC(=O)Nc1ccc(Cl)cc1[N+](=O)[O-])S(=O)(=O)c1ccc(Cl)cc1. The van der Waals surface area contributed by atoms with Gasteiger partial charge in [-0.1, -0.05) is 23.2 Å². The van der Waals surface area contributed by atoms with E-state index in [9.17, 15) is 28.1 Å². The van der Waals surface area contributed by atoms with E-state index in [1.165, 1.54) is 43.4 Å². The first-order valence-electron chi connectivity index (χ1n) is 8.12. The summed E-state index contributed by atoms with van der Waals surface area (Å²) in [4.78, 5) is 34.0. The fourth-order valence-corrected chi connectivity index (χ4v) is 3.60. The number of benzene rings is 2. The van der Waals surface area contributed by atoms with Crippen LogP contribution in [0.15, 0.2) is 47.4 Å². The Morgan fingerprint density at radius 1 is 1.13 bits per heavy atom. The van der Waals surface area contributed by atoms with E-state index < -0.39 is 45.7 Å². The fourth-order valence-electron chi connectivity index (χ4n) is 2.19. The molecule has 2 aromatic rings. The third-order valence-electron chi connectivity index (χ3n) is 3.67. The first-order chi connectivity index (χ1) is 14.0. The minimum atomic E-state index is -3.97. The molecule has 160 valence electrons. The normalized spacial score (nSPS) is 11.2. The predicted molar refractivity (Wildman–Crippen MR) is 109 cm³/mol. The zero-order valence-electron chi connectivity index (χ0n) is 15.4. The molecule has 0 atom stereocenters. The van der Waals surface area contributed by atoms with Crippen molar-refractivity contribution < 1.29 is 27.7 Å². The van der Waals surface area contributed by atoms with Crippen LogP contribution in [0.4, 0.5) is 11.4 Å². The highest BCUT2D eigenvalue weighted by atomic mass is 35.5. The fraction of sp³-hybridized carbons (Fsp3) is 0.176. The molecule has 0 bridgehead atoms. The number of ether oxygens (including phenoxy) is 1. The zero-order valence-corrected chi connectivity index (χ0v) is 17.7. The molecule has 0 aliphatic rings. The van der Waals surface area contributed by atoms with Crippen LogP contribution in [0.3, 0.4) is 0 Å². The van der Waals surface area contributed by atoms with Gasteiger partial charge in [-0.2, -0.15) is 4.31 Å². The molecular weight excluding hydrogens is 461 g/mol. The van der Waals surface area contributed by atoms with Gasteiger partial charge in [0, 0.05) is 23.2 Å². The van der Waals surface area contributed by atoms with Crippen LogP contribution in [0.1, 0.15) is 0 Å². The molecule has 0 radical (unpaired) electrons. The Hall–Kier alpha value is -2.73. The van der Waals surface area contributed by atoms with Crippen molar-refractivity contribution in [3.8, 4) is 0 Å². The Morgan fingerprint density at radius 3 is 2.33 bits per heavy atom.